The third-order valence-corrected chi connectivity index (χ3v) is 5.38. The van der Waals surface area contributed by atoms with Gasteiger partial charge in [-0.2, -0.15) is 10.2 Å². The lowest BCUT2D eigenvalue weighted by atomic mass is 10.1. The number of halogens is 1. The predicted molar refractivity (Wildman–Crippen MR) is 132 cm³/mol. The lowest BCUT2D eigenvalue weighted by Crippen LogP contribution is -2.19. The van der Waals surface area contributed by atoms with Gasteiger partial charge in [0.2, 0.25) is 0 Å². The summed E-state index contributed by atoms with van der Waals surface area (Å²) in [6.07, 6.45) is 0. The second kappa shape index (κ2) is 10.7. The first-order chi connectivity index (χ1) is 16.5. The van der Waals surface area contributed by atoms with Crippen LogP contribution in [-0.4, -0.2) is 28.9 Å². The number of hydrazone groups is 1. The molecule has 1 heterocycles. The van der Waals surface area contributed by atoms with Crippen LogP contribution in [0.15, 0.2) is 84.0 Å². The van der Waals surface area contributed by atoms with E-state index in [2.05, 4.69) is 20.7 Å². The van der Waals surface area contributed by atoms with Gasteiger partial charge in [-0.1, -0.05) is 23.7 Å². The number of aromatic nitrogens is 2. The Morgan fingerprint density at radius 3 is 2.35 bits per heavy atom. The van der Waals surface area contributed by atoms with E-state index in [0.29, 0.717) is 28.7 Å². The summed E-state index contributed by atoms with van der Waals surface area (Å²) >= 11 is 5.91. The Morgan fingerprint density at radius 1 is 1.00 bits per heavy atom. The number of H-pyrrole nitrogens is 1. The Bertz CT molecular complexity index is 1280. The SMILES string of the molecule is COc1ccc(C(C)=NNC(=O)c2cc(-c3ccc(OCc4ccc(Cl)cc4)cc3)n[nH]2)cc1. The molecule has 3 aromatic carbocycles. The summed E-state index contributed by atoms with van der Waals surface area (Å²) in [5, 5.41) is 11.9. The van der Waals surface area contributed by atoms with E-state index in [1.165, 1.54) is 0 Å². The minimum absolute atomic E-state index is 0.310. The largest absolute Gasteiger partial charge is 0.497 e. The first-order valence-electron chi connectivity index (χ1n) is 10.5. The van der Waals surface area contributed by atoms with E-state index in [1.54, 1.807) is 13.2 Å². The number of rotatable bonds is 8. The van der Waals surface area contributed by atoms with Crippen molar-refractivity contribution in [1.29, 1.82) is 0 Å². The molecule has 4 rings (SSSR count). The van der Waals surface area contributed by atoms with Crippen molar-refractivity contribution in [3.05, 3.63) is 101 Å². The molecule has 0 unspecified atom stereocenters. The zero-order chi connectivity index (χ0) is 23.9. The summed E-state index contributed by atoms with van der Waals surface area (Å²) in [6, 6.07) is 24.1. The van der Waals surface area contributed by atoms with Crippen LogP contribution < -0.4 is 14.9 Å². The number of benzene rings is 3. The Balaban J connectivity index is 1.35. The van der Waals surface area contributed by atoms with E-state index in [9.17, 15) is 4.79 Å². The number of methoxy groups -OCH3 is 1. The number of nitrogens with one attached hydrogen (secondary N) is 2. The van der Waals surface area contributed by atoms with Gasteiger partial charge < -0.3 is 9.47 Å². The molecule has 0 aliphatic heterocycles. The Kier molecular flexibility index (Phi) is 7.25. The zero-order valence-corrected chi connectivity index (χ0v) is 19.5. The molecular weight excluding hydrogens is 452 g/mol. The van der Waals surface area contributed by atoms with E-state index in [1.807, 2.05) is 79.7 Å². The van der Waals surface area contributed by atoms with Crippen molar-refractivity contribution >= 4 is 23.2 Å². The number of carbonyl (C=O) groups excluding carboxylic acids is 1. The highest BCUT2D eigenvalue weighted by atomic mass is 35.5. The van der Waals surface area contributed by atoms with Crippen LogP contribution in [0.5, 0.6) is 11.5 Å². The van der Waals surface area contributed by atoms with Gasteiger partial charge in [-0.25, -0.2) is 5.43 Å². The van der Waals surface area contributed by atoms with Gasteiger partial charge in [0.05, 0.1) is 18.5 Å². The number of hydrogen-bond donors (Lipinski definition) is 2. The Labute approximate surface area is 202 Å². The number of nitrogens with zero attached hydrogens (tertiary/aromatic N) is 2. The molecule has 0 fully saturated rings. The van der Waals surface area contributed by atoms with Crippen LogP contribution in [0, 0.1) is 0 Å². The fourth-order valence-electron chi connectivity index (χ4n) is 3.15. The lowest BCUT2D eigenvalue weighted by Gasteiger charge is -2.07. The molecule has 2 N–H and O–H groups in total. The smallest absolute Gasteiger partial charge is 0.289 e. The van der Waals surface area contributed by atoms with Crippen molar-refractivity contribution in [3.8, 4) is 22.8 Å². The molecule has 8 heteroatoms. The summed E-state index contributed by atoms with van der Waals surface area (Å²) in [5.41, 5.74) is 6.94. The topological polar surface area (TPSA) is 88.6 Å². The van der Waals surface area contributed by atoms with Crippen molar-refractivity contribution in [2.45, 2.75) is 13.5 Å². The first-order valence-corrected chi connectivity index (χ1v) is 10.9. The summed E-state index contributed by atoms with van der Waals surface area (Å²) in [4.78, 5) is 12.5. The maximum absolute atomic E-state index is 12.5. The number of carbonyl (C=O) groups is 1. The molecule has 0 aliphatic rings. The van der Waals surface area contributed by atoms with Crippen molar-refractivity contribution in [2.24, 2.45) is 5.10 Å². The molecule has 0 bridgehead atoms. The van der Waals surface area contributed by atoms with Crippen LogP contribution in [0.3, 0.4) is 0 Å². The van der Waals surface area contributed by atoms with E-state index >= 15 is 0 Å². The summed E-state index contributed by atoms with van der Waals surface area (Å²) in [6.45, 7) is 2.26. The predicted octanol–water partition coefficient (Wildman–Crippen LogP) is 5.47. The standard InChI is InChI=1S/C26H23ClN4O3/c1-17(19-5-11-22(33-2)12-6-19)28-31-26(32)25-15-24(29-30-25)20-7-13-23(14-8-20)34-16-18-3-9-21(27)10-4-18/h3-15H,16H2,1-2H3,(H,29,30)(H,31,32). The Morgan fingerprint density at radius 2 is 1.68 bits per heavy atom. The molecule has 0 radical (unpaired) electrons. The quantitative estimate of drug-likeness (QED) is 0.262. The fraction of sp³-hybridized carbons (Fsp3) is 0.115. The highest BCUT2D eigenvalue weighted by Gasteiger charge is 2.11. The number of amides is 1. The van der Waals surface area contributed by atoms with Crippen molar-refractivity contribution in [2.75, 3.05) is 7.11 Å². The number of aromatic amines is 1. The zero-order valence-electron chi connectivity index (χ0n) is 18.7. The van der Waals surface area contributed by atoms with Crippen LogP contribution in [0.1, 0.15) is 28.5 Å². The molecule has 4 aromatic rings. The van der Waals surface area contributed by atoms with Crippen molar-refractivity contribution in [1.82, 2.24) is 15.6 Å². The van der Waals surface area contributed by atoms with Gasteiger partial charge in [-0.15, -0.1) is 0 Å². The highest BCUT2D eigenvalue weighted by molar-refractivity contribution is 6.30. The molecule has 0 spiro atoms. The third-order valence-electron chi connectivity index (χ3n) is 5.12. The van der Waals surface area contributed by atoms with E-state index < -0.39 is 0 Å². The third kappa shape index (κ3) is 5.82. The van der Waals surface area contributed by atoms with Gasteiger partial charge >= 0.3 is 0 Å². The summed E-state index contributed by atoms with van der Waals surface area (Å²) < 4.78 is 11.0. The van der Waals surface area contributed by atoms with Crippen LogP contribution >= 0.6 is 11.6 Å². The van der Waals surface area contributed by atoms with Crippen molar-refractivity contribution in [3.63, 3.8) is 0 Å². The average molecular weight is 475 g/mol. The fourth-order valence-corrected chi connectivity index (χ4v) is 3.27. The minimum Gasteiger partial charge on any atom is -0.497 e. The minimum atomic E-state index is -0.380. The molecule has 0 saturated heterocycles. The highest BCUT2D eigenvalue weighted by Crippen LogP contribution is 2.22. The number of ether oxygens (including phenoxy) is 2. The van der Waals surface area contributed by atoms with E-state index in [-0.39, 0.29) is 5.91 Å². The van der Waals surface area contributed by atoms with Crippen LogP contribution in [0.2, 0.25) is 5.02 Å². The normalized spacial score (nSPS) is 11.2. The van der Waals surface area contributed by atoms with Gasteiger partial charge in [0.15, 0.2) is 0 Å². The second-order valence-electron chi connectivity index (χ2n) is 7.47. The molecule has 34 heavy (non-hydrogen) atoms. The Hall–Kier alpha value is -4.10. The van der Waals surface area contributed by atoms with Crippen LogP contribution in [-0.2, 0) is 6.61 Å². The maximum atomic E-state index is 12.5. The number of hydrogen-bond acceptors (Lipinski definition) is 5. The maximum Gasteiger partial charge on any atom is 0.289 e. The molecule has 1 aromatic heterocycles. The first kappa shape index (κ1) is 23.1. The van der Waals surface area contributed by atoms with Crippen LogP contribution in [0.4, 0.5) is 0 Å². The van der Waals surface area contributed by atoms with Gasteiger partial charge in [0, 0.05) is 10.6 Å². The van der Waals surface area contributed by atoms with Gasteiger partial charge in [0.25, 0.3) is 5.91 Å². The van der Waals surface area contributed by atoms with Gasteiger partial charge in [-0.05, 0) is 84.8 Å². The molecule has 0 saturated carbocycles. The van der Waals surface area contributed by atoms with Crippen LogP contribution in [0.25, 0.3) is 11.3 Å². The summed E-state index contributed by atoms with van der Waals surface area (Å²) in [5.74, 6) is 1.11. The van der Waals surface area contributed by atoms with Gasteiger partial charge in [-0.3, -0.25) is 9.89 Å². The monoisotopic (exact) mass is 474 g/mol. The molecule has 172 valence electrons. The van der Waals surface area contributed by atoms with E-state index in [0.717, 1.165) is 28.2 Å². The van der Waals surface area contributed by atoms with Crippen molar-refractivity contribution < 1.29 is 14.3 Å². The van der Waals surface area contributed by atoms with Gasteiger partial charge in [0.1, 0.15) is 23.8 Å². The molecule has 0 atom stereocenters. The molecule has 0 aliphatic carbocycles. The average Bonchev–Trinajstić information content (AvgIpc) is 3.38. The molecule has 1 amide bonds. The second-order valence-corrected chi connectivity index (χ2v) is 7.91. The molecule has 7 nitrogen and oxygen atoms in total. The summed E-state index contributed by atoms with van der Waals surface area (Å²) in [7, 11) is 1.61. The lowest BCUT2D eigenvalue weighted by molar-refractivity contribution is 0.0950. The van der Waals surface area contributed by atoms with E-state index in [4.69, 9.17) is 21.1 Å². The molecular formula is C26H23ClN4O3.